The number of hydrogen-bond acceptors (Lipinski definition) is 4. The van der Waals surface area contributed by atoms with Gasteiger partial charge in [-0.15, -0.1) is 0 Å². The molecule has 0 fully saturated rings. The molecule has 1 rings (SSSR count). The molecule has 0 aromatic carbocycles. The lowest BCUT2D eigenvalue weighted by atomic mass is 10.1. The van der Waals surface area contributed by atoms with Gasteiger partial charge in [0.2, 0.25) is 15.8 Å². The molecule has 8 heteroatoms. The summed E-state index contributed by atoms with van der Waals surface area (Å²) in [6.45, 7) is 4.35. The third-order valence-electron chi connectivity index (χ3n) is 2.58. The lowest BCUT2D eigenvalue weighted by molar-refractivity contribution is 0.0661. The Hall–Kier alpha value is -0.860. The van der Waals surface area contributed by atoms with E-state index in [9.17, 15) is 13.2 Å². The predicted octanol–water partition coefficient (Wildman–Crippen LogP) is 2.41. The van der Waals surface area contributed by atoms with Crippen LogP contribution in [0.15, 0.2) is 20.0 Å². The van der Waals surface area contributed by atoms with Gasteiger partial charge in [0.05, 0.1) is 0 Å². The van der Waals surface area contributed by atoms with Crippen LogP contribution in [0.25, 0.3) is 0 Å². The molecule has 0 saturated heterocycles. The molecule has 0 radical (unpaired) electrons. The first-order chi connectivity index (χ1) is 8.66. The van der Waals surface area contributed by atoms with Crippen LogP contribution in [0.4, 0.5) is 0 Å². The third-order valence-corrected chi connectivity index (χ3v) is 5.29. The van der Waals surface area contributed by atoms with Gasteiger partial charge >= 0.3 is 5.97 Å². The van der Waals surface area contributed by atoms with Gasteiger partial charge in [0, 0.05) is 19.7 Å². The van der Waals surface area contributed by atoms with E-state index < -0.39 is 21.8 Å². The number of halogens is 1. The van der Waals surface area contributed by atoms with E-state index in [2.05, 4.69) is 15.9 Å². The summed E-state index contributed by atoms with van der Waals surface area (Å²) < 4.78 is 30.4. The van der Waals surface area contributed by atoms with Crippen LogP contribution in [-0.4, -0.2) is 37.4 Å². The van der Waals surface area contributed by atoms with Crippen molar-refractivity contribution in [2.75, 3.05) is 13.6 Å². The SMILES string of the molecule is CC(C)CCN(C)S(=O)(=O)c1cc(C(=O)O)oc1Br. The first-order valence-electron chi connectivity index (χ1n) is 5.65. The fourth-order valence-electron chi connectivity index (χ4n) is 1.36. The third kappa shape index (κ3) is 3.80. The van der Waals surface area contributed by atoms with Crippen molar-refractivity contribution in [1.29, 1.82) is 0 Å². The number of carboxylic acid groups (broad SMARTS) is 1. The van der Waals surface area contributed by atoms with Crippen LogP contribution < -0.4 is 0 Å². The second kappa shape index (κ2) is 6.06. The van der Waals surface area contributed by atoms with Crippen molar-refractivity contribution >= 4 is 31.9 Å². The van der Waals surface area contributed by atoms with E-state index in [-0.39, 0.29) is 9.56 Å². The Balaban J connectivity index is 3.03. The van der Waals surface area contributed by atoms with E-state index in [1.54, 1.807) is 0 Å². The van der Waals surface area contributed by atoms with Gasteiger partial charge in [-0.2, -0.15) is 0 Å². The van der Waals surface area contributed by atoms with Gasteiger partial charge in [-0.3, -0.25) is 0 Å². The molecule has 108 valence electrons. The molecular formula is C11H16BrNO5S. The molecule has 0 bridgehead atoms. The van der Waals surface area contributed by atoms with E-state index >= 15 is 0 Å². The fraction of sp³-hybridized carbons (Fsp3) is 0.545. The number of furan rings is 1. The minimum Gasteiger partial charge on any atom is -0.475 e. The van der Waals surface area contributed by atoms with Crippen molar-refractivity contribution in [1.82, 2.24) is 4.31 Å². The number of carboxylic acids is 1. The molecule has 0 aliphatic carbocycles. The zero-order chi connectivity index (χ0) is 14.8. The topological polar surface area (TPSA) is 87.8 Å². The van der Waals surface area contributed by atoms with E-state index in [0.29, 0.717) is 12.5 Å². The van der Waals surface area contributed by atoms with E-state index in [1.165, 1.54) is 11.4 Å². The van der Waals surface area contributed by atoms with Crippen LogP contribution in [0.1, 0.15) is 30.8 Å². The van der Waals surface area contributed by atoms with Crippen LogP contribution in [0.5, 0.6) is 0 Å². The predicted molar refractivity (Wildman–Crippen MR) is 72.6 cm³/mol. The Labute approximate surface area is 120 Å². The highest BCUT2D eigenvalue weighted by molar-refractivity contribution is 9.10. The minimum atomic E-state index is -3.75. The van der Waals surface area contributed by atoms with Gasteiger partial charge in [0.15, 0.2) is 4.67 Å². The first-order valence-corrected chi connectivity index (χ1v) is 7.88. The monoisotopic (exact) mass is 353 g/mol. The second-order valence-corrected chi connectivity index (χ2v) is 7.30. The van der Waals surface area contributed by atoms with Crippen LogP contribution in [0.3, 0.4) is 0 Å². The molecule has 0 amide bonds. The first kappa shape index (κ1) is 16.2. The Morgan fingerprint density at radius 2 is 2.11 bits per heavy atom. The summed E-state index contributed by atoms with van der Waals surface area (Å²) in [5.74, 6) is -1.35. The van der Waals surface area contributed by atoms with Gasteiger partial charge in [-0.1, -0.05) is 13.8 Å². The number of sulfonamides is 1. The molecule has 19 heavy (non-hydrogen) atoms. The number of rotatable bonds is 6. The summed E-state index contributed by atoms with van der Waals surface area (Å²) in [5, 5.41) is 8.78. The Morgan fingerprint density at radius 1 is 1.53 bits per heavy atom. The van der Waals surface area contributed by atoms with Crippen molar-refractivity contribution in [2.45, 2.75) is 25.2 Å². The summed E-state index contributed by atoms with van der Waals surface area (Å²) in [7, 11) is -2.29. The molecular weight excluding hydrogens is 338 g/mol. The Bertz CT molecular complexity index is 564. The molecule has 1 aromatic rings. The molecule has 0 unspecified atom stereocenters. The quantitative estimate of drug-likeness (QED) is 0.848. The normalized spacial score (nSPS) is 12.3. The number of carbonyl (C=O) groups is 1. The second-order valence-electron chi connectivity index (χ2n) is 4.56. The Kier molecular flexibility index (Phi) is 5.17. The average Bonchev–Trinajstić information content (AvgIpc) is 2.68. The van der Waals surface area contributed by atoms with Crippen LogP contribution in [0.2, 0.25) is 0 Å². The summed E-state index contributed by atoms with van der Waals surface area (Å²) in [6, 6.07) is 1.01. The van der Waals surface area contributed by atoms with Crippen molar-refractivity contribution in [3.63, 3.8) is 0 Å². The minimum absolute atomic E-state index is 0.0960. The highest BCUT2D eigenvalue weighted by Crippen LogP contribution is 2.28. The average molecular weight is 354 g/mol. The van der Waals surface area contributed by atoms with Crippen molar-refractivity contribution < 1.29 is 22.7 Å². The van der Waals surface area contributed by atoms with Gasteiger partial charge < -0.3 is 9.52 Å². The van der Waals surface area contributed by atoms with Crippen molar-refractivity contribution in [3.05, 3.63) is 16.5 Å². The van der Waals surface area contributed by atoms with E-state index in [0.717, 1.165) is 12.5 Å². The van der Waals surface area contributed by atoms with E-state index in [1.807, 2.05) is 13.8 Å². The standard InChI is InChI=1S/C11H16BrNO5S/c1-7(2)4-5-13(3)19(16,17)9-6-8(11(14)15)18-10(9)12/h6-7H,4-5H2,1-3H3,(H,14,15). The lowest BCUT2D eigenvalue weighted by Crippen LogP contribution is -2.28. The van der Waals surface area contributed by atoms with E-state index in [4.69, 9.17) is 9.52 Å². The van der Waals surface area contributed by atoms with Gasteiger partial charge in [0.25, 0.3) is 0 Å². The molecule has 0 spiro atoms. The zero-order valence-electron chi connectivity index (χ0n) is 10.9. The largest absolute Gasteiger partial charge is 0.475 e. The molecule has 0 atom stereocenters. The van der Waals surface area contributed by atoms with Crippen LogP contribution in [-0.2, 0) is 10.0 Å². The fourth-order valence-corrected chi connectivity index (χ4v) is 3.45. The van der Waals surface area contributed by atoms with Crippen LogP contribution >= 0.6 is 15.9 Å². The highest BCUT2D eigenvalue weighted by Gasteiger charge is 2.28. The number of aromatic carboxylic acids is 1. The summed E-state index contributed by atoms with van der Waals surface area (Å²) in [6.07, 6.45) is 0.719. The van der Waals surface area contributed by atoms with Gasteiger partial charge in [0.1, 0.15) is 4.90 Å². The number of nitrogens with zero attached hydrogens (tertiary/aromatic N) is 1. The van der Waals surface area contributed by atoms with Crippen molar-refractivity contribution in [2.24, 2.45) is 5.92 Å². The molecule has 0 aliphatic rings. The summed E-state index contributed by atoms with van der Waals surface area (Å²) in [4.78, 5) is 10.6. The molecule has 1 N–H and O–H groups in total. The molecule has 0 aliphatic heterocycles. The maximum Gasteiger partial charge on any atom is 0.371 e. The smallest absolute Gasteiger partial charge is 0.371 e. The van der Waals surface area contributed by atoms with Crippen molar-refractivity contribution in [3.8, 4) is 0 Å². The molecule has 0 saturated carbocycles. The zero-order valence-corrected chi connectivity index (χ0v) is 13.3. The lowest BCUT2D eigenvalue weighted by Gasteiger charge is -2.17. The Morgan fingerprint density at radius 3 is 2.53 bits per heavy atom. The van der Waals surface area contributed by atoms with Crippen LogP contribution in [0, 0.1) is 5.92 Å². The summed E-state index contributed by atoms with van der Waals surface area (Å²) >= 11 is 2.93. The van der Waals surface area contributed by atoms with Gasteiger partial charge in [-0.25, -0.2) is 17.5 Å². The molecule has 6 nitrogen and oxygen atoms in total. The molecule has 1 heterocycles. The maximum absolute atomic E-state index is 12.2. The molecule has 1 aromatic heterocycles. The maximum atomic E-state index is 12.2. The number of hydrogen-bond donors (Lipinski definition) is 1. The highest BCUT2D eigenvalue weighted by atomic mass is 79.9. The van der Waals surface area contributed by atoms with Gasteiger partial charge in [-0.05, 0) is 28.3 Å². The summed E-state index contributed by atoms with van der Waals surface area (Å²) in [5.41, 5.74) is 0.